The van der Waals surface area contributed by atoms with Crippen molar-refractivity contribution in [3.63, 3.8) is 0 Å². The van der Waals surface area contributed by atoms with Crippen molar-refractivity contribution in [1.82, 2.24) is 9.97 Å². The number of aromatic nitrogens is 2. The van der Waals surface area contributed by atoms with Crippen LogP contribution < -0.4 is 14.7 Å². The first-order valence-electron chi connectivity index (χ1n) is 11.4. The number of amides is 1. The van der Waals surface area contributed by atoms with Crippen LogP contribution in [-0.4, -0.2) is 59.7 Å². The molecule has 2 aromatic heterocycles. The second-order valence-electron chi connectivity index (χ2n) is 8.73. The number of carbonyl (C=O) groups is 2. The molecule has 0 spiro atoms. The van der Waals surface area contributed by atoms with Crippen molar-refractivity contribution in [2.75, 3.05) is 47.4 Å². The normalized spacial score (nSPS) is 13.7. The maximum absolute atomic E-state index is 13.3. The number of rotatable bonds is 7. The molecule has 1 saturated heterocycles. The van der Waals surface area contributed by atoms with Crippen molar-refractivity contribution in [2.45, 2.75) is 13.8 Å². The Morgan fingerprint density at radius 1 is 0.853 bits per heavy atom. The molecule has 3 heterocycles. The van der Waals surface area contributed by atoms with Crippen molar-refractivity contribution in [1.29, 1.82) is 0 Å². The number of carboxylic acid groups (broad SMARTS) is 1. The van der Waals surface area contributed by atoms with Crippen molar-refractivity contribution in [2.24, 2.45) is 5.92 Å². The Balaban J connectivity index is 1.40. The second-order valence-corrected chi connectivity index (χ2v) is 8.73. The Labute approximate surface area is 199 Å². The molecule has 34 heavy (non-hydrogen) atoms. The highest BCUT2D eigenvalue weighted by Gasteiger charge is 2.22. The van der Waals surface area contributed by atoms with E-state index in [1.165, 1.54) is 6.20 Å². The minimum atomic E-state index is -0.979. The van der Waals surface area contributed by atoms with E-state index in [1.807, 2.05) is 47.4 Å². The average molecular weight is 460 g/mol. The number of para-hydroxylation sites is 1. The molecule has 8 heteroatoms. The van der Waals surface area contributed by atoms with E-state index in [9.17, 15) is 9.59 Å². The SMILES string of the molecule is CC(C)CN(C(=O)c1ccc(N2CCN(c3ccc(C(=O)O)cn3)CC2)nc1)c1ccccc1. The van der Waals surface area contributed by atoms with Crippen LogP contribution in [0.4, 0.5) is 17.3 Å². The fraction of sp³-hybridized carbons (Fsp3) is 0.308. The van der Waals surface area contributed by atoms with Crippen molar-refractivity contribution >= 4 is 29.2 Å². The Bertz CT molecular complexity index is 1110. The smallest absolute Gasteiger partial charge is 0.337 e. The molecule has 8 nitrogen and oxygen atoms in total. The predicted octanol–water partition coefficient (Wildman–Crippen LogP) is 3.80. The highest BCUT2D eigenvalue weighted by atomic mass is 16.4. The summed E-state index contributed by atoms with van der Waals surface area (Å²) in [6.45, 7) is 7.84. The van der Waals surface area contributed by atoms with Crippen LogP contribution in [0.1, 0.15) is 34.6 Å². The van der Waals surface area contributed by atoms with Gasteiger partial charge in [0.15, 0.2) is 0 Å². The van der Waals surface area contributed by atoms with Gasteiger partial charge in [0, 0.05) is 50.8 Å². The molecule has 0 radical (unpaired) electrons. The predicted molar refractivity (Wildman–Crippen MR) is 133 cm³/mol. The zero-order valence-electron chi connectivity index (χ0n) is 19.5. The second kappa shape index (κ2) is 10.3. The summed E-state index contributed by atoms with van der Waals surface area (Å²) in [5, 5.41) is 9.04. The van der Waals surface area contributed by atoms with Crippen LogP contribution in [0.15, 0.2) is 67.0 Å². The fourth-order valence-electron chi connectivity index (χ4n) is 4.00. The third kappa shape index (κ3) is 5.33. The van der Waals surface area contributed by atoms with Crippen molar-refractivity contribution in [3.8, 4) is 0 Å². The minimum absolute atomic E-state index is 0.0559. The van der Waals surface area contributed by atoms with Gasteiger partial charge in [-0.25, -0.2) is 14.8 Å². The zero-order valence-corrected chi connectivity index (χ0v) is 19.5. The minimum Gasteiger partial charge on any atom is -0.478 e. The zero-order chi connectivity index (χ0) is 24.1. The molecule has 4 rings (SSSR count). The van der Waals surface area contributed by atoms with Gasteiger partial charge < -0.3 is 19.8 Å². The lowest BCUT2D eigenvalue weighted by atomic mass is 10.1. The van der Waals surface area contributed by atoms with E-state index in [1.54, 1.807) is 18.3 Å². The number of hydrogen-bond acceptors (Lipinski definition) is 6. The Morgan fingerprint density at radius 3 is 1.82 bits per heavy atom. The summed E-state index contributed by atoms with van der Waals surface area (Å²) in [6.07, 6.45) is 3.05. The Morgan fingerprint density at radius 2 is 1.38 bits per heavy atom. The number of hydrogen-bond donors (Lipinski definition) is 1. The topological polar surface area (TPSA) is 89.9 Å². The van der Waals surface area contributed by atoms with Gasteiger partial charge in [0.25, 0.3) is 5.91 Å². The van der Waals surface area contributed by atoms with Crippen LogP contribution in [-0.2, 0) is 0 Å². The molecule has 0 unspecified atom stereocenters. The summed E-state index contributed by atoms with van der Waals surface area (Å²) in [7, 11) is 0. The monoisotopic (exact) mass is 459 g/mol. The van der Waals surface area contributed by atoms with Gasteiger partial charge in [0.2, 0.25) is 0 Å². The molecule has 176 valence electrons. The number of nitrogens with zero attached hydrogens (tertiary/aromatic N) is 5. The Hall–Kier alpha value is -3.94. The molecule has 0 bridgehead atoms. The lowest BCUT2D eigenvalue weighted by Gasteiger charge is -2.36. The summed E-state index contributed by atoms with van der Waals surface area (Å²) in [4.78, 5) is 39.3. The largest absolute Gasteiger partial charge is 0.478 e. The number of carboxylic acids is 1. The van der Waals surface area contributed by atoms with E-state index >= 15 is 0 Å². The first-order valence-corrected chi connectivity index (χ1v) is 11.4. The molecule has 0 aliphatic carbocycles. The number of pyridine rings is 2. The molecule has 1 amide bonds. The lowest BCUT2D eigenvalue weighted by Crippen LogP contribution is -2.47. The summed E-state index contributed by atoms with van der Waals surface area (Å²) >= 11 is 0. The van der Waals surface area contributed by atoms with Crippen LogP contribution in [0.3, 0.4) is 0 Å². The van der Waals surface area contributed by atoms with Gasteiger partial charge in [-0.1, -0.05) is 32.0 Å². The van der Waals surface area contributed by atoms with E-state index < -0.39 is 5.97 Å². The number of anilines is 3. The quantitative estimate of drug-likeness (QED) is 0.575. The molecule has 0 saturated carbocycles. The average Bonchev–Trinajstić information content (AvgIpc) is 2.87. The molecule has 1 aliphatic heterocycles. The fourth-order valence-corrected chi connectivity index (χ4v) is 4.00. The van der Waals surface area contributed by atoms with Gasteiger partial charge in [0.05, 0.1) is 11.1 Å². The first-order chi connectivity index (χ1) is 16.4. The van der Waals surface area contributed by atoms with E-state index in [2.05, 4.69) is 33.6 Å². The lowest BCUT2D eigenvalue weighted by molar-refractivity contribution is 0.0696. The summed E-state index contributed by atoms with van der Waals surface area (Å²) in [5.41, 5.74) is 1.63. The molecule has 0 atom stereocenters. The summed E-state index contributed by atoms with van der Waals surface area (Å²) in [6, 6.07) is 16.8. The summed E-state index contributed by atoms with van der Waals surface area (Å²) in [5.74, 6) is 0.903. The Kier molecular flexibility index (Phi) is 7.06. The third-order valence-corrected chi connectivity index (χ3v) is 5.78. The van der Waals surface area contributed by atoms with Gasteiger partial charge in [0.1, 0.15) is 11.6 Å². The van der Waals surface area contributed by atoms with Crippen LogP contribution in [0, 0.1) is 5.92 Å². The van der Waals surface area contributed by atoms with Gasteiger partial charge in [-0.15, -0.1) is 0 Å². The number of carbonyl (C=O) groups excluding carboxylic acids is 1. The maximum atomic E-state index is 13.3. The van der Waals surface area contributed by atoms with Crippen LogP contribution in [0.2, 0.25) is 0 Å². The molecule has 3 aromatic rings. The van der Waals surface area contributed by atoms with Gasteiger partial charge in [-0.3, -0.25) is 4.79 Å². The van der Waals surface area contributed by atoms with Gasteiger partial charge >= 0.3 is 5.97 Å². The van der Waals surface area contributed by atoms with E-state index in [-0.39, 0.29) is 11.5 Å². The standard InChI is InChI=1S/C26H29N5O3/c1-19(2)18-31(22-6-4-3-5-7-22)25(32)20-8-10-23(27-16-20)29-12-14-30(15-13-29)24-11-9-21(17-28-24)26(33)34/h3-11,16-17,19H,12-15,18H2,1-2H3,(H,33,34). The van der Waals surface area contributed by atoms with Crippen LogP contribution >= 0.6 is 0 Å². The van der Waals surface area contributed by atoms with Gasteiger partial charge in [-0.2, -0.15) is 0 Å². The van der Waals surface area contributed by atoms with Crippen molar-refractivity contribution < 1.29 is 14.7 Å². The highest BCUT2D eigenvalue weighted by Crippen LogP contribution is 2.21. The third-order valence-electron chi connectivity index (χ3n) is 5.78. The molecular weight excluding hydrogens is 430 g/mol. The first kappa shape index (κ1) is 23.2. The summed E-state index contributed by atoms with van der Waals surface area (Å²) < 4.78 is 0. The highest BCUT2D eigenvalue weighted by molar-refractivity contribution is 6.06. The number of piperazine rings is 1. The molecule has 1 N–H and O–H groups in total. The van der Waals surface area contributed by atoms with Gasteiger partial charge in [-0.05, 0) is 42.3 Å². The molecular formula is C26H29N5O3. The number of aromatic carboxylic acids is 1. The molecule has 1 aliphatic rings. The van der Waals surface area contributed by atoms with E-state index in [0.717, 1.165) is 43.5 Å². The molecule has 1 aromatic carbocycles. The number of benzene rings is 1. The maximum Gasteiger partial charge on any atom is 0.337 e. The van der Waals surface area contributed by atoms with Crippen LogP contribution in [0.25, 0.3) is 0 Å². The van der Waals surface area contributed by atoms with Crippen LogP contribution in [0.5, 0.6) is 0 Å². The van der Waals surface area contributed by atoms with Crippen molar-refractivity contribution in [3.05, 3.63) is 78.1 Å². The van der Waals surface area contributed by atoms with E-state index in [4.69, 9.17) is 5.11 Å². The van der Waals surface area contributed by atoms with E-state index in [0.29, 0.717) is 18.0 Å². The molecule has 1 fully saturated rings.